The summed E-state index contributed by atoms with van der Waals surface area (Å²) in [6, 6.07) is 0.162. The second kappa shape index (κ2) is 6.15. The Morgan fingerprint density at radius 3 is 2.38 bits per heavy atom. The number of rotatable bonds is 4. The second-order valence-corrected chi connectivity index (χ2v) is 7.66. The first-order valence-electron chi connectivity index (χ1n) is 6.54. The minimum Gasteiger partial charge on any atom is -0.327 e. The van der Waals surface area contributed by atoms with Crippen LogP contribution in [0.2, 0.25) is 0 Å². The molecule has 1 fully saturated rings. The van der Waals surface area contributed by atoms with E-state index in [9.17, 15) is 4.21 Å². The zero-order chi connectivity index (χ0) is 12.3. The quantitative estimate of drug-likeness (QED) is 0.827. The zero-order valence-electron chi connectivity index (χ0n) is 11.1. The van der Waals surface area contributed by atoms with Gasteiger partial charge in [-0.05, 0) is 37.0 Å². The first-order chi connectivity index (χ1) is 7.41. The Bertz CT molecular complexity index is 240. The Hall–Kier alpha value is 0.110. The van der Waals surface area contributed by atoms with E-state index < -0.39 is 10.8 Å². The fourth-order valence-electron chi connectivity index (χ4n) is 2.54. The molecule has 4 unspecified atom stereocenters. The van der Waals surface area contributed by atoms with Crippen LogP contribution in [0.5, 0.6) is 0 Å². The van der Waals surface area contributed by atoms with Gasteiger partial charge in [0.05, 0.1) is 5.25 Å². The molecule has 0 aliphatic heterocycles. The Balaban J connectivity index is 2.58. The minimum atomic E-state index is -0.729. The number of hydrogen-bond acceptors (Lipinski definition) is 2. The highest BCUT2D eigenvalue weighted by atomic mass is 32.2. The van der Waals surface area contributed by atoms with Crippen molar-refractivity contribution >= 4 is 10.8 Å². The molecule has 96 valence electrons. The summed E-state index contributed by atoms with van der Waals surface area (Å²) in [5, 5.41) is 0.239. The van der Waals surface area contributed by atoms with Gasteiger partial charge in [0, 0.05) is 22.6 Å². The summed E-state index contributed by atoms with van der Waals surface area (Å²) < 4.78 is 12.2. The molecule has 0 radical (unpaired) electrons. The standard InChI is InChI=1S/C13H27NOS/c1-9(2)8-16(15)13-7-11(10(3)4)5-6-12(13)14/h9-13H,5-8,14H2,1-4H3. The summed E-state index contributed by atoms with van der Waals surface area (Å²) in [5.41, 5.74) is 6.12. The molecule has 1 aliphatic carbocycles. The van der Waals surface area contributed by atoms with E-state index in [2.05, 4.69) is 27.7 Å². The van der Waals surface area contributed by atoms with E-state index in [1.165, 1.54) is 6.42 Å². The average molecular weight is 245 g/mol. The van der Waals surface area contributed by atoms with Gasteiger partial charge in [0.1, 0.15) is 0 Å². The van der Waals surface area contributed by atoms with E-state index in [0.29, 0.717) is 11.8 Å². The third-order valence-corrected chi connectivity index (χ3v) is 5.87. The fraction of sp³-hybridized carbons (Fsp3) is 1.00. The van der Waals surface area contributed by atoms with Crippen LogP contribution in [-0.2, 0) is 10.8 Å². The normalized spacial score (nSPS) is 33.3. The lowest BCUT2D eigenvalue weighted by molar-refractivity contribution is 0.263. The molecule has 0 aromatic carbocycles. The van der Waals surface area contributed by atoms with Gasteiger partial charge in [-0.15, -0.1) is 0 Å². The molecule has 0 spiro atoms. The maximum absolute atomic E-state index is 12.2. The molecule has 0 saturated heterocycles. The van der Waals surface area contributed by atoms with Gasteiger partial charge in [0.15, 0.2) is 0 Å². The third-order valence-electron chi connectivity index (χ3n) is 3.66. The van der Waals surface area contributed by atoms with Crippen LogP contribution in [0.15, 0.2) is 0 Å². The molecule has 0 amide bonds. The molecule has 1 saturated carbocycles. The minimum absolute atomic E-state index is 0.162. The highest BCUT2D eigenvalue weighted by Gasteiger charge is 2.33. The SMILES string of the molecule is CC(C)CS(=O)C1CC(C(C)C)CCC1N. The summed E-state index contributed by atoms with van der Waals surface area (Å²) in [7, 11) is -0.729. The zero-order valence-corrected chi connectivity index (χ0v) is 11.9. The Kier molecular flexibility index (Phi) is 5.45. The van der Waals surface area contributed by atoms with Gasteiger partial charge in [0.2, 0.25) is 0 Å². The van der Waals surface area contributed by atoms with Gasteiger partial charge in [-0.25, -0.2) is 0 Å². The molecule has 3 heteroatoms. The van der Waals surface area contributed by atoms with Crippen LogP contribution in [0.1, 0.15) is 47.0 Å². The lowest BCUT2D eigenvalue weighted by Gasteiger charge is -2.35. The summed E-state index contributed by atoms with van der Waals surface area (Å²) in [4.78, 5) is 0. The van der Waals surface area contributed by atoms with Crippen LogP contribution in [-0.4, -0.2) is 21.3 Å². The molecule has 1 rings (SSSR count). The molecule has 4 atom stereocenters. The summed E-state index contributed by atoms with van der Waals surface area (Å²) >= 11 is 0. The molecule has 2 N–H and O–H groups in total. The number of nitrogens with two attached hydrogens (primary N) is 1. The van der Waals surface area contributed by atoms with Crippen molar-refractivity contribution in [3.63, 3.8) is 0 Å². The lowest BCUT2D eigenvalue weighted by atomic mass is 9.79. The van der Waals surface area contributed by atoms with Crippen molar-refractivity contribution < 1.29 is 4.21 Å². The van der Waals surface area contributed by atoms with E-state index in [0.717, 1.165) is 24.5 Å². The van der Waals surface area contributed by atoms with Crippen molar-refractivity contribution in [1.29, 1.82) is 0 Å². The van der Waals surface area contributed by atoms with Gasteiger partial charge in [0.25, 0.3) is 0 Å². The predicted octanol–water partition coefficient (Wildman–Crippen LogP) is 2.54. The van der Waals surface area contributed by atoms with Gasteiger partial charge < -0.3 is 5.73 Å². The fourth-order valence-corrected chi connectivity index (χ4v) is 4.44. The topological polar surface area (TPSA) is 43.1 Å². The van der Waals surface area contributed by atoms with Crippen molar-refractivity contribution in [2.75, 3.05) is 5.75 Å². The van der Waals surface area contributed by atoms with E-state index >= 15 is 0 Å². The number of hydrogen-bond donors (Lipinski definition) is 1. The molecule has 16 heavy (non-hydrogen) atoms. The Morgan fingerprint density at radius 2 is 1.88 bits per heavy atom. The van der Waals surface area contributed by atoms with Crippen LogP contribution in [0.25, 0.3) is 0 Å². The van der Waals surface area contributed by atoms with E-state index in [1.54, 1.807) is 0 Å². The molecule has 1 aliphatic rings. The highest BCUT2D eigenvalue weighted by Crippen LogP contribution is 2.32. The third kappa shape index (κ3) is 3.85. The van der Waals surface area contributed by atoms with Crippen LogP contribution in [0.3, 0.4) is 0 Å². The average Bonchev–Trinajstić information content (AvgIpc) is 2.16. The molecule has 0 bridgehead atoms. The molecule has 2 nitrogen and oxygen atoms in total. The van der Waals surface area contributed by atoms with Crippen molar-refractivity contribution in [2.45, 2.75) is 58.2 Å². The largest absolute Gasteiger partial charge is 0.327 e. The molecule has 0 heterocycles. The van der Waals surface area contributed by atoms with Crippen LogP contribution < -0.4 is 5.73 Å². The first-order valence-corrected chi connectivity index (χ1v) is 7.92. The Labute approximate surface area is 103 Å². The highest BCUT2D eigenvalue weighted by molar-refractivity contribution is 7.85. The van der Waals surface area contributed by atoms with E-state index in [4.69, 9.17) is 5.73 Å². The maximum atomic E-state index is 12.2. The molecule has 0 aromatic heterocycles. The molecule has 0 aromatic rings. The summed E-state index contributed by atoms with van der Waals surface area (Å²) in [6.07, 6.45) is 3.34. The van der Waals surface area contributed by atoms with Crippen molar-refractivity contribution in [2.24, 2.45) is 23.5 Å². The van der Waals surface area contributed by atoms with Crippen LogP contribution in [0.4, 0.5) is 0 Å². The predicted molar refractivity (Wildman–Crippen MR) is 71.8 cm³/mol. The van der Waals surface area contributed by atoms with Gasteiger partial charge >= 0.3 is 0 Å². The molecular weight excluding hydrogens is 218 g/mol. The smallest absolute Gasteiger partial charge is 0.0501 e. The van der Waals surface area contributed by atoms with Gasteiger partial charge in [-0.3, -0.25) is 4.21 Å². The molecular formula is C13H27NOS. The van der Waals surface area contributed by atoms with Crippen molar-refractivity contribution in [1.82, 2.24) is 0 Å². The van der Waals surface area contributed by atoms with E-state index in [1.807, 2.05) is 0 Å². The van der Waals surface area contributed by atoms with Crippen LogP contribution >= 0.6 is 0 Å². The van der Waals surface area contributed by atoms with E-state index in [-0.39, 0.29) is 11.3 Å². The first kappa shape index (κ1) is 14.2. The lowest BCUT2D eigenvalue weighted by Crippen LogP contribution is -2.44. The van der Waals surface area contributed by atoms with Crippen molar-refractivity contribution in [3.05, 3.63) is 0 Å². The van der Waals surface area contributed by atoms with Gasteiger partial charge in [-0.1, -0.05) is 27.7 Å². The maximum Gasteiger partial charge on any atom is 0.0501 e. The second-order valence-electron chi connectivity index (χ2n) is 5.96. The summed E-state index contributed by atoms with van der Waals surface area (Å²) in [5.74, 6) is 2.74. The summed E-state index contributed by atoms with van der Waals surface area (Å²) in [6.45, 7) is 8.80. The monoisotopic (exact) mass is 245 g/mol. The van der Waals surface area contributed by atoms with Gasteiger partial charge in [-0.2, -0.15) is 0 Å². The Morgan fingerprint density at radius 1 is 1.25 bits per heavy atom. The van der Waals surface area contributed by atoms with Crippen LogP contribution in [0, 0.1) is 17.8 Å². The van der Waals surface area contributed by atoms with Crippen molar-refractivity contribution in [3.8, 4) is 0 Å².